The normalized spacial score (nSPS) is 12.3. The predicted octanol–water partition coefficient (Wildman–Crippen LogP) is 4.55. The van der Waals surface area contributed by atoms with Gasteiger partial charge >= 0.3 is 11.9 Å². The van der Waals surface area contributed by atoms with Crippen LogP contribution in [0.4, 0.5) is 26.3 Å². The number of alkyl halides is 7. The Kier molecular flexibility index (Phi) is 5.80. The lowest BCUT2D eigenvalue weighted by Crippen LogP contribution is -2.17. The fourth-order valence-electron chi connectivity index (χ4n) is 1.37. The Morgan fingerprint density at radius 3 is 2.29 bits per heavy atom. The van der Waals surface area contributed by atoms with Gasteiger partial charge in [0.15, 0.2) is 5.78 Å². The number of thioether (sulfide) groups is 1. The summed E-state index contributed by atoms with van der Waals surface area (Å²) in [5, 5.41) is 0. The topological polar surface area (TPSA) is 26.3 Å². The first kappa shape index (κ1) is 18.0. The molecule has 0 amide bonds. The number of ether oxygens (including phenoxy) is 1. The highest BCUT2D eigenvalue weighted by atomic mass is 35.5. The number of halogens is 7. The molecule has 0 saturated heterocycles. The van der Waals surface area contributed by atoms with Crippen molar-refractivity contribution < 1.29 is 35.9 Å². The molecule has 0 aliphatic heterocycles. The first-order valence-corrected chi connectivity index (χ1v) is 6.57. The van der Waals surface area contributed by atoms with Crippen molar-refractivity contribution in [2.45, 2.75) is 23.2 Å². The molecular formula is C11H7ClF6O2S. The molecule has 10 heteroatoms. The molecule has 118 valence electrons. The van der Waals surface area contributed by atoms with Crippen LogP contribution in [0.5, 0.6) is 5.75 Å². The van der Waals surface area contributed by atoms with Crippen LogP contribution in [0.2, 0.25) is 0 Å². The highest BCUT2D eigenvalue weighted by molar-refractivity contribution is 8.00. The number of Topliss-reactive ketones (excluding diaryl/α,β-unsaturated/α-hetero) is 1. The van der Waals surface area contributed by atoms with Gasteiger partial charge in [0.2, 0.25) is 0 Å². The Labute approximate surface area is 124 Å². The summed E-state index contributed by atoms with van der Waals surface area (Å²) in [6, 6.07) is 2.30. The zero-order valence-corrected chi connectivity index (χ0v) is 11.6. The monoisotopic (exact) mass is 352 g/mol. The third kappa shape index (κ3) is 6.94. The molecule has 0 heterocycles. The second-order valence-electron chi connectivity index (χ2n) is 3.71. The minimum atomic E-state index is -4.98. The van der Waals surface area contributed by atoms with Gasteiger partial charge in [-0.1, -0.05) is 0 Å². The smallest absolute Gasteiger partial charge is 0.406 e. The van der Waals surface area contributed by atoms with E-state index in [9.17, 15) is 31.1 Å². The van der Waals surface area contributed by atoms with E-state index in [4.69, 9.17) is 11.6 Å². The number of carbonyl (C=O) groups excluding carboxylic acids is 1. The number of hydrogen-bond acceptors (Lipinski definition) is 3. The zero-order valence-electron chi connectivity index (χ0n) is 10.0. The molecule has 2 nitrogen and oxygen atoms in total. The molecule has 0 unspecified atom stereocenters. The number of carbonyl (C=O) groups is 1. The van der Waals surface area contributed by atoms with Gasteiger partial charge in [-0.25, -0.2) is 0 Å². The van der Waals surface area contributed by atoms with Crippen LogP contribution < -0.4 is 4.74 Å². The van der Waals surface area contributed by atoms with Gasteiger partial charge < -0.3 is 4.74 Å². The van der Waals surface area contributed by atoms with Gasteiger partial charge in [0, 0.05) is 11.3 Å². The summed E-state index contributed by atoms with van der Waals surface area (Å²) in [4.78, 5) is 10.8. The molecule has 21 heavy (non-hydrogen) atoms. The van der Waals surface area contributed by atoms with Gasteiger partial charge in [0.25, 0.3) is 0 Å². The number of benzene rings is 1. The first-order valence-electron chi connectivity index (χ1n) is 5.22. The van der Waals surface area contributed by atoms with Crippen LogP contribution in [0.3, 0.4) is 0 Å². The summed E-state index contributed by atoms with van der Waals surface area (Å²) in [5.41, 5.74) is -4.87. The van der Waals surface area contributed by atoms with Crippen molar-refractivity contribution in [1.29, 1.82) is 0 Å². The van der Waals surface area contributed by atoms with Crippen molar-refractivity contribution in [3.8, 4) is 5.75 Å². The summed E-state index contributed by atoms with van der Waals surface area (Å²) in [5.74, 6) is -1.78. The molecule has 0 saturated carbocycles. The summed E-state index contributed by atoms with van der Waals surface area (Å²) < 4.78 is 76.9. The van der Waals surface area contributed by atoms with Crippen LogP contribution in [-0.4, -0.2) is 23.5 Å². The van der Waals surface area contributed by atoms with E-state index in [-0.39, 0.29) is 10.5 Å². The number of rotatable bonds is 5. The fraction of sp³-hybridized carbons (Fsp3) is 0.364. The lowest BCUT2D eigenvalue weighted by Gasteiger charge is -2.14. The SMILES string of the molecule is O=C(CCl)Cc1cc(OC(F)(F)F)ccc1SC(F)(F)F. The summed E-state index contributed by atoms with van der Waals surface area (Å²) in [7, 11) is 0. The van der Waals surface area contributed by atoms with E-state index >= 15 is 0 Å². The van der Waals surface area contributed by atoms with Crippen LogP contribution in [0, 0.1) is 0 Å². The van der Waals surface area contributed by atoms with Gasteiger partial charge in [0.05, 0.1) is 5.88 Å². The van der Waals surface area contributed by atoms with E-state index in [1.807, 2.05) is 0 Å². The zero-order chi connectivity index (χ0) is 16.3. The van der Waals surface area contributed by atoms with Crippen LogP contribution in [0.1, 0.15) is 5.56 Å². The predicted molar refractivity (Wildman–Crippen MR) is 64.5 cm³/mol. The molecule has 0 aliphatic carbocycles. The summed E-state index contributed by atoms with van der Waals surface area (Å²) >= 11 is 4.72. The van der Waals surface area contributed by atoms with Crippen LogP contribution in [-0.2, 0) is 11.2 Å². The van der Waals surface area contributed by atoms with E-state index in [1.54, 1.807) is 0 Å². The lowest BCUT2D eigenvalue weighted by atomic mass is 10.1. The second-order valence-corrected chi connectivity index (χ2v) is 5.09. The van der Waals surface area contributed by atoms with E-state index in [0.717, 1.165) is 18.2 Å². The lowest BCUT2D eigenvalue weighted by molar-refractivity contribution is -0.274. The van der Waals surface area contributed by atoms with Crippen molar-refractivity contribution in [2.24, 2.45) is 0 Å². The largest absolute Gasteiger partial charge is 0.573 e. The Morgan fingerprint density at radius 1 is 1.19 bits per heavy atom. The molecular weight excluding hydrogens is 346 g/mol. The Hall–Kier alpha value is -1.09. The fourth-order valence-corrected chi connectivity index (χ4v) is 2.12. The molecule has 1 aromatic rings. The van der Waals surface area contributed by atoms with Gasteiger partial charge in [-0.2, -0.15) is 13.2 Å². The van der Waals surface area contributed by atoms with Gasteiger partial charge in [-0.15, -0.1) is 24.8 Å². The average molecular weight is 353 g/mol. The molecule has 0 aliphatic rings. The quantitative estimate of drug-likeness (QED) is 0.442. The molecule has 0 N–H and O–H groups in total. The standard InChI is InChI=1S/C11H7ClF6O2S/c12-5-7(19)3-6-4-8(20-10(13,14)15)1-2-9(6)21-11(16,17)18/h1-2,4H,3,5H2. The van der Waals surface area contributed by atoms with Crippen LogP contribution in [0.25, 0.3) is 0 Å². The van der Waals surface area contributed by atoms with Gasteiger partial charge in [-0.3, -0.25) is 4.79 Å². The molecule has 0 bridgehead atoms. The molecule has 0 aromatic heterocycles. The highest BCUT2D eigenvalue weighted by Crippen LogP contribution is 2.40. The maximum atomic E-state index is 12.4. The second kappa shape index (κ2) is 6.78. The van der Waals surface area contributed by atoms with Gasteiger partial charge in [-0.05, 0) is 35.5 Å². The molecule has 0 spiro atoms. The van der Waals surface area contributed by atoms with Crippen molar-refractivity contribution >= 4 is 29.1 Å². The molecule has 0 fully saturated rings. The Bertz CT molecular complexity index is 514. The van der Waals surface area contributed by atoms with E-state index in [0.29, 0.717) is 0 Å². The maximum absolute atomic E-state index is 12.4. The molecule has 0 radical (unpaired) electrons. The van der Waals surface area contributed by atoms with E-state index in [2.05, 4.69) is 4.74 Å². The Morgan fingerprint density at radius 2 is 1.81 bits per heavy atom. The van der Waals surface area contributed by atoms with Crippen molar-refractivity contribution in [2.75, 3.05) is 5.88 Å². The van der Waals surface area contributed by atoms with Crippen molar-refractivity contribution in [1.82, 2.24) is 0 Å². The molecule has 1 rings (SSSR count). The van der Waals surface area contributed by atoms with Crippen LogP contribution in [0.15, 0.2) is 23.1 Å². The summed E-state index contributed by atoms with van der Waals surface area (Å²) in [6.07, 6.45) is -5.50. The van der Waals surface area contributed by atoms with E-state index in [1.165, 1.54) is 0 Å². The summed E-state index contributed by atoms with van der Waals surface area (Å²) in [6.45, 7) is 0. The third-order valence-electron chi connectivity index (χ3n) is 2.03. The highest BCUT2D eigenvalue weighted by Gasteiger charge is 2.33. The number of ketones is 1. The van der Waals surface area contributed by atoms with Crippen molar-refractivity contribution in [3.05, 3.63) is 23.8 Å². The van der Waals surface area contributed by atoms with Gasteiger partial charge in [0.1, 0.15) is 5.75 Å². The van der Waals surface area contributed by atoms with Crippen molar-refractivity contribution in [3.63, 3.8) is 0 Å². The third-order valence-corrected chi connectivity index (χ3v) is 3.18. The van der Waals surface area contributed by atoms with Crippen LogP contribution >= 0.6 is 23.4 Å². The maximum Gasteiger partial charge on any atom is 0.573 e. The minimum absolute atomic E-state index is 0.232. The number of hydrogen-bond donors (Lipinski definition) is 0. The Balaban J connectivity index is 3.10. The molecule has 0 atom stereocenters. The minimum Gasteiger partial charge on any atom is -0.406 e. The van der Waals surface area contributed by atoms with E-state index < -0.39 is 47.5 Å². The first-order chi connectivity index (χ1) is 9.50. The average Bonchev–Trinajstić information content (AvgIpc) is 2.28. The molecule has 1 aromatic carbocycles.